The van der Waals surface area contributed by atoms with Crippen molar-refractivity contribution in [2.75, 3.05) is 39.8 Å². The number of rotatable bonds is 14. The molecule has 4 aromatic rings. The molecule has 48 heavy (non-hydrogen) atoms. The van der Waals surface area contributed by atoms with Crippen molar-refractivity contribution in [3.63, 3.8) is 0 Å². The van der Waals surface area contributed by atoms with Gasteiger partial charge in [-0.2, -0.15) is 0 Å². The lowest BCUT2D eigenvalue weighted by atomic mass is 10.00. The van der Waals surface area contributed by atoms with Gasteiger partial charge in [0.1, 0.15) is 19.2 Å². The molecule has 1 amide bonds. The number of carbonyl (C=O) groups excluding carboxylic acids is 2. The van der Waals surface area contributed by atoms with E-state index >= 15 is 0 Å². The Hall–Kier alpha value is -4.25. The Morgan fingerprint density at radius 2 is 1.42 bits per heavy atom. The minimum absolute atomic E-state index is 0. The molecule has 1 aliphatic heterocycles. The number of piperidine rings is 1. The molecule has 11 heteroatoms. The van der Waals surface area contributed by atoms with E-state index in [-0.39, 0.29) is 37.8 Å². The maximum Gasteiger partial charge on any atom is 0.331 e. The summed E-state index contributed by atoms with van der Waals surface area (Å²) in [5.41, 5.74) is 1.81. The number of likely N-dealkylation sites (tertiary alicyclic amines) is 1. The van der Waals surface area contributed by atoms with Gasteiger partial charge in [0, 0.05) is 26.7 Å². The van der Waals surface area contributed by atoms with Crippen molar-refractivity contribution in [2.45, 2.75) is 57.9 Å². The Balaban J connectivity index is 0.00000520. The second-order valence-corrected chi connectivity index (χ2v) is 12.0. The molecule has 0 atom stereocenters. The quantitative estimate of drug-likeness (QED) is 0.141. The molecule has 0 bridgehead atoms. The highest BCUT2D eigenvalue weighted by Crippen LogP contribution is 2.30. The number of ether oxygens (including phenoxy) is 2. The summed E-state index contributed by atoms with van der Waals surface area (Å²) in [4.78, 5) is 55.1. The third kappa shape index (κ3) is 9.21. The summed E-state index contributed by atoms with van der Waals surface area (Å²) >= 11 is 0. The molecule has 5 rings (SSSR count). The molecule has 1 saturated heterocycles. The molecule has 1 fully saturated rings. The van der Waals surface area contributed by atoms with E-state index in [2.05, 4.69) is 53.4 Å². The molecule has 10 nitrogen and oxygen atoms in total. The van der Waals surface area contributed by atoms with Crippen LogP contribution in [0.5, 0.6) is 0 Å². The lowest BCUT2D eigenvalue weighted by molar-refractivity contribution is -0.148. The average molecular weight is 677 g/mol. The van der Waals surface area contributed by atoms with Crippen LogP contribution in [0.3, 0.4) is 0 Å². The summed E-state index contributed by atoms with van der Waals surface area (Å²) in [6.45, 7) is 4.37. The highest BCUT2D eigenvalue weighted by molar-refractivity contribution is 5.85. The lowest BCUT2D eigenvalue weighted by Crippen LogP contribution is -2.45. The van der Waals surface area contributed by atoms with Crippen LogP contribution in [0.2, 0.25) is 0 Å². The zero-order chi connectivity index (χ0) is 33.2. The summed E-state index contributed by atoms with van der Waals surface area (Å²) in [6.07, 6.45) is 3.58. The predicted octanol–water partition coefficient (Wildman–Crippen LogP) is 4.66. The Labute approximate surface area is 287 Å². The number of para-hydroxylation sites is 1. The van der Waals surface area contributed by atoms with Crippen LogP contribution in [0.25, 0.3) is 10.9 Å². The van der Waals surface area contributed by atoms with Crippen molar-refractivity contribution < 1.29 is 19.1 Å². The van der Waals surface area contributed by atoms with Gasteiger partial charge in [0.05, 0.1) is 23.6 Å². The van der Waals surface area contributed by atoms with Crippen molar-refractivity contribution in [3.8, 4) is 0 Å². The summed E-state index contributed by atoms with van der Waals surface area (Å²) < 4.78 is 14.2. The molecule has 1 aromatic heterocycles. The van der Waals surface area contributed by atoms with Gasteiger partial charge in [-0.15, -0.1) is 12.4 Å². The number of fused-ring (bicyclic) bond motifs is 1. The summed E-state index contributed by atoms with van der Waals surface area (Å²) in [5.74, 6) is -1.07. The van der Waals surface area contributed by atoms with E-state index in [0.29, 0.717) is 17.4 Å². The van der Waals surface area contributed by atoms with E-state index in [4.69, 9.17) is 9.47 Å². The van der Waals surface area contributed by atoms with Crippen LogP contribution in [-0.4, -0.2) is 76.7 Å². The number of hydrogen-bond acceptors (Lipinski definition) is 7. The molecule has 0 spiro atoms. The van der Waals surface area contributed by atoms with E-state index in [1.807, 2.05) is 12.1 Å². The number of aryl methyl sites for hydroxylation is 1. The van der Waals surface area contributed by atoms with E-state index in [9.17, 15) is 19.2 Å². The van der Waals surface area contributed by atoms with Gasteiger partial charge in [-0.3, -0.25) is 23.5 Å². The summed E-state index contributed by atoms with van der Waals surface area (Å²) in [5, 5.41) is 0.374. The Morgan fingerprint density at radius 1 is 0.833 bits per heavy atom. The molecular weight excluding hydrogens is 632 g/mol. The van der Waals surface area contributed by atoms with Crippen LogP contribution >= 0.6 is 12.4 Å². The highest BCUT2D eigenvalue weighted by atomic mass is 35.5. The summed E-state index contributed by atoms with van der Waals surface area (Å²) in [7, 11) is 1.45. The number of hydrogen-bond donors (Lipinski definition) is 0. The molecule has 2 heterocycles. The minimum Gasteiger partial charge on any atom is -0.465 e. The maximum absolute atomic E-state index is 13.6. The number of nitrogens with zero attached hydrogens (tertiary/aromatic N) is 4. The zero-order valence-electron chi connectivity index (χ0n) is 27.7. The van der Waals surface area contributed by atoms with Crippen molar-refractivity contribution in [2.24, 2.45) is 0 Å². The van der Waals surface area contributed by atoms with Gasteiger partial charge in [-0.1, -0.05) is 72.8 Å². The smallest absolute Gasteiger partial charge is 0.331 e. The van der Waals surface area contributed by atoms with E-state index < -0.39 is 29.7 Å². The van der Waals surface area contributed by atoms with Crippen LogP contribution in [0, 0.1) is 0 Å². The lowest BCUT2D eigenvalue weighted by Gasteiger charge is -2.34. The molecular formula is C37H45ClN4O6. The van der Waals surface area contributed by atoms with Crippen molar-refractivity contribution in [1.29, 1.82) is 0 Å². The second-order valence-electron chi connectivity index (χ2n) is 12.0. The first-order valence-corrected chi connectivity index (χ1v) is 16.5. The molecule has 256 valence electrons. The molecule has 0 N–H and O–H groups in total. The first-order valence-electron chi connectivity index (χ1n) is 16.5. The number of unbranched alkanes of at least 4 members (excludes halogenated alkanes) is 1. The van der Waals surface area contributed by atoms with Crippen LogP contribution < -0.4 is 11.2 Å². The molecule has 0 unspecified atom stereocenters. The highest BCUT2D eigenvalue weighted by Gasteiger charge is 2.25. The first-order chi connectivity index (χ1) is 22.9. The largest absolute Gasteiger partial charge is 0.465 e. The predicted molar refractivity (Wildman–Crippen MR) is 188 cm³/mol. The minimum atomic E-state index is -0.549. The van der Waals surface area contributed by atoms with E-state index in [0.717, 1.165) is 61.0 Å². The molecule has 1 aliphatic rings. The number of benzene rings is 3. The Morgan fingerprint density at radius 3 is 2.04 bits per heavy atom. The number of esters is 1. The number of carbonyl (C=O) groups is 2. The van der Waals surface area contributed by atoms with Crippen molar-refractivity contribution >= 4 is 35.2 Å². The van der Waals surface area contributed by atoms with Crippen molar-refractivity contribution in [3.05, 3.63) is 117 Å². The molecule has 0 aliphatic carbocycles. The fourth-order valence-corrected chi connectivity index (χ4v) is 6.14. The molecule has 3 aromatic carbocycles. The number of amides is 1. The molecule has 0 radical (unpaired) electrons. The van der Waals surface area contributed by atoms with Crippen molar-refractivity contribution in [1.82, 2.24) is 18.9 Å². The van der Waals surface area contributed by atoms with Gasteiger partial charge in [0.15, 0.2) is 0 Å². The molecule has 0 saturated carbocycles. The fourth-order valence-electron chi connectivity index (χ4n) is 6.14. The Bertz CT molecular complexity index is 1710. The standard InChI is InChI=1S/C37H44N4O6.ClH/c1-3-46-34(43)27-38(2)33(42)26-41-36(44)31-18-10-11-19-32(31)40(37(41)45)23-13-12-22-39-24-20-30(21-25-39)47-35(28-14-6-4-7-15-28)29-16-8-5-9-17-29;/h4-11,14-19,30,35H,3,12-13,20-27H2,1-2H3;1H. The number of halogens is 1. The fraction of sp³-hybridized carbons (Fsp3) is 0.405. The topological polar surface area (TPSA) is 103 Å². The van der Waals surface area contributed by atoms with Gasteiger partial charge >= 0.3 is 11.7 Å². The van der Waals surface area contributed by atoms with Gasteiger partial charge in [0.2, 0.25) is 5.91 Å². The Kier molecular flexibility index (Phi) is 13.5. The van der Waals surface area contributed by atoms with Crippen LogP contribution in [0.4, 0.5) is 0 Å². The van der Waals surface area contributed by atoms with Gasteiger partial charge < -0.3 is 19.3 Å². The average Bonchev–Trinajstić information content (AvgIpc) is 3.10. The van der Waals surface area contributed by atoms with E-state index in [1.54, 1.807) is 35.8 Å². The van der Waals surface area contributed by atoms with E-state index in [1.165, 1.54) is 11.9 Å². The maximum atomic E-state index is 13.6. The first kappa shape index (κ1) is 36.6. The summed E-state index contributed by atoms with van der Waals surface area (Å²) in [6, 6.07) is 27.7. The van der Waals surface area contributed by atoms with Crippen LogP contribution in [-0.2, 0) is 32.2 Å². The van der Waals surface area contributed by atoms with Gasteiger partial charge in [0.25, 0.3) is 5.56 Å². The third-order valence-corrected chi connectivity index (χ3v) is 8.70. The van der Waals surface area contributed by atoms with Crippen LogP contribution in [0.15, 0.2) is 94.5 Å². The SMILES string of the molecule is CCOC(=O)CN(C)C(=O)Cn1c(=O)c2ccccc2n(CCCCN2CCC(OC(c3ccccc3)c3ccccc3)CC2)c1=O.Cl. The second kappa shape index (κ2) is 17.8. The number of likely N-dealkylation sites (N-methyl/N-ethyl adjacent to an activating group) is 1. The van der Waals surface area contributed by atoms with Gasteiger partial charge in [-0.05, 0) is 62.4 Å². The normalized spacial score (nSPS) is 13.7. The van der Waals surface area contributed by atoms with Gasteiger partial charge in [-0.25, -0.2) is 4.79 Å². The number of aromatic nitrogens is 2. The monoisotopic (exact) mass is 676 g/mol. The zero-order valence-corrected chi connectivity index (χ0v) is 28.5. The van der Waals surface area contributed by atoms with Crippen LogP contribution in [0.1, 0.15) is 49.8 Å². The third-order valence-electron chi connectivity index (χ3n) is 8.70.